The number of cyclic esters (lactones) is 1. The van der Waals surface area contributed by atoms with E-state index in [-0.39, 0.29) is 62.2 Å². The first-order valence-corrected chi connectivity index (χ1v) is 32.0. The first kappa shape index (κ1) is 80.5. The third-order valence-electron chi connectivity index (χ3n) is 15.2. The van der Waals surface area contributed by atoms with Gasteiger partial charge in [0.05, 0.1) is 25.7 Å². The molecule has 1 rings (SSSR count). The van der Waals surface area contributed by atoms with Crippen molar-refractivity contribution in [1.82, 2.24) is 53.2 Å². The van der Waals surface area contributed by atoms with Crippen molar-refractivity contribution in [1.29, 1.82) is 0 Å². The van der Waals surface area contributed by atoms with Crippen LogP contribution in [0.15, 0.2) is 0 Å². The summed E-state index contributed by atoms with van der Waals surface area (Å²) in [5.74, 6) is -14.7. The number of carbonyl (C=O) groups is 12. The normalized spacial score (nSPS) is 23.9. The van der Waals surface area contributed by atoms with E-state index in [2.05, 4.69) is 60.1 Å². The second-order valence-corrected chi connectivity index (χ2v) is 25.8. The van der Waals surface area contributed by atoms with Crippen molar-refractivity contribution in [2.75, 3.05) is 13.2 Å². The maximum Gasteiger partial charge on any atom is 0.329 e. The number of amides is 10. The van der Waals surface area contributed by atoms with Crippen molar-refractivity contribution < 1.29 is 82.7 Å². The number of carboxylic acids is 1. The fourth-order valence-electron chi connectivity index (χ4n) is 9.94. The average Bonchev–Trinajstić information content (AvgIpc) is 1.81. The van der Waals surface area contributed by atoms with Crippen molar-refractivity contribution in [3.63, 3.8) is 0 Å². The van der Waals surface area contributed by atoms with Crippen LogP contribution in [0, 0.1) is 35.5 Å². The van der Waals surface area contributed by atoms with Crippen LogP contribution in [-0.4, -0.2) is 177 Å². The van der Waals surface area contributed by atoms with Gasteiger partial charge in [-0.15, -0.1) is 0 Å². The Morgan fingerprint density at radius 2 is 0.955 bits per heavy atom. The van der Waals surface area contributed by atoms with Gasteiger partial charge in [-0.25, -0.2) is 4.79 Å². The van der Waals surface area contributed by atoms with E-state index in [1.165, 1.54) is 20.8 Å². The maximum atomic E-state index is 14.9. The minimum absolute atomic E-state index is 0.00519. The van der Waals surface area contributed by atoms with E-state index in [0.717, 1.165) is 38.5 Å². The summed E-state index contributed by atoms with van der Waals surface area (Å²) in [5.41, 5.74) is 0. The summed E-state index contributed by atoms with van der Waals surface area (Å²) in [6.45, 7) is 21.7. The Labute approximate surface area is 526 Å². The first-order valence-electron chi connectivity index (χ1n) is 32.0. The van der Waals surface area contributed by atoms with E-state index in [9.17, 15) is 78.0 Å². The number of hydrogen-bond acceptors (Lipinski definition) is 16. The maximum absolute atomic E-state index is 14.9. The molecule has 1 heterocycles. The van der Waals surface area contributed by atoms with Crippen molar-refractivity contribution in [3.05, 3.63) is 0 Å². The molecule has 0 saturated carbocycles. The lowest BCUT2D eigenvalue weighted by Crippen LogP contribution is -2.63. The zero-order valence-electron chi connectivity index (χ0n) is 55.2. The molecule has 10 amide bonds. The SMILES string of the molecule is CCCCCCCCC[C@H](O)CC(=O)N[C@@H](CC(C)C)C(=O)N[C@H](CCC(=O)O)C(=O)N[C@@H]1C(=O)N[C@H]([C@@H](C)CC)C(=O)N[C@@H](CC(C)C)C(=O)N[C@H](CO)C(=O)N[C@@H](CC(C)C)C(=O)N[C@@H](CC(C)C)C(=O)N[C@@H](CO)C(=O)N[C@@H](C(C)C)C(=O)O[C@H]1C. The number of aliphatic hydroxyl groups is 3. The number of unbranched alkanes of at least 4 members (excludes halogenated alkanes) is 6. The Bertz CT molecular complexity index is 2300. The molecule has 0 aromatic rings. The number of nitrogens with one attached hydrogen (secondary N) is 10. The summed E-state index contributed by atoms with van der Waals surface area (Å²) >= 11 is 0. The van der Waals surface area contributed by atoms with Crippen LogP contribution in [0.3, 0.4) is 0 Å². The second-order valence-electron chi connectivity index (χ2n) is 25.8. The van der Waals surface area contributed by atoms with Crippen LogP contribution in [0.1, 0.15) is 200 Å². The van der Waals surface area contributed by atoms with Gasteiger partial charge in [-0.1, -0.05) is 141 Å². The lowest BCUT2D eigenvalue weighted by molar-refractivity contribution is -0.157. The summed E-state index contributed by atoms with van der Waals surface area (Å²) in [5, 5.41) is 66.9. The van der Waals surface area contributed by atoms with Gasteiger partial charge >= 0.3 is 11.9 Å². The zero-order chi connectivity index (χ0) is 67.8. The number of aliphatic carboxylic acids is 1. The highest BCUT2D eigenvalue weighted by atomic mass is 16.5. The van der Waals surface area contributed by atoms with E-state index in [0.29, 0.717) is 12.8 Å². The van der Waals surface area contributed by atoms with Crippen LogP contribution in [0.4, 0.5) is 0 Å². The molecular formula is C62H110N10O17. The fraction of sp³-hybridized carbons (Fsp3) is 0.806. The van der Waals surface area contributed by atoms with Gasteiger partial charge in [-0.2, -0.15) is 0 Å². The molecule has 1 aliphatic rings. The van der Waals surface area contributed by atoms with Gasteiger partial charge in [0.15, 0.2) is 0 Å². The topological polar surface area (TPSA) is 415 Å². The molecule has 89 heavy (non-hydrogen) atoms. The molecule has 0 spiro atoms. The Kier molecular flexibility index (Phi) is 37.8. The number of carboxylic acid groups (broad SMARTS) is 1. The molecule has 1 fully saturated rings. The molecule has 0 aromatic carbocycles. The molecule has 0 unspecified atom stereocenters. The molecule has 1 saturated heterocycles. The van der Waals surface area contributed by atoms with Gasteiger partial charge in [-0.3, -0.25) is 52.7 Å². The average molecular weight is 1270 g/mol. The van der Waals surface area contributed by atoms with Crippen molar-refractivity contribution in [2.24, 2.45) is 35.5 Å². The van der Waals surface area contributed by atoms with Gasteiger partial charge in [0.1, 0.15) is 66.5 Å². The predicted molar refractivity (Wildman–Crippen MR) is 331 cm³/mol. The van der Waals surface area contributed by atoms with E-state index in [1.54, 1.807) is 69.2 Å². The molecule has 0 aliphatic carbocycles. The Morgan fingerprint density at radius 3 is 1.39 bits per heavy atom. The molecule has 13 atom stereocenters. The van der Waals surface area contributed by atoms with Crippen LogP contribution < -0.4 is 53.2 Å². The Morgan fingerprint density at radius 1 is 0.517 bits per heavy atom. The highest BCUT2D eigenvalue weighted by Crippen LogP contribution is 2.18. The zero-order valence-corrected chi connectivity index (χ0v) is 55.2. The van der Waals surface area contributed by atoms with Gasteiger partial charge in [0.25, 0.3) is 0 Å². The van der Waals surface area contributed by atoms with Crippen LogP contribution >= 0.6 is 0 Å². The summed E-state index contributed by atoms with van der Waals surface area (Å²) < 4.78 is 5.84. The fourth-order valence-corrected chi connectivity index (χ4v) is 9.94. The predicted octanol–water partition coefficient (Wildman–Crippen LogP) is 1.41. The standard InChI is InChI=1S/C62H110N10O17/c1-15-17-18-19-20-21-22-23-40(75)30-48(76)63-42(26-33(3)4)54(80)64-41(24-25-49(77)78)53(79)72-52-39(14)89-62(88)50(37(11)12)70-59(85)47(32-74)69-56(82)44(28-35(7)8)65-55(81)43(27-34(5)6)66-58(84)46(31-73)68-57(83)45(29-36(9)10)67-60(86)51(38(13)16-2)71-61(52)87/h33-47,50-52,73-75H,15-32H2,1-14H3,(H,63,76)(H,64,80)(H,65,81)(H,66,84)(H,67,86)(H,68,83)(H,69,82)(H,70,85)(H,71,87)(H,72,79)(H,77,78)/t38-,39-,40-,41+,42-,43-,44-,45-,46+,47-,50-,51+,52-/m0/s1. The monoisotopic (exact) mass is 1270 g/mol. The minimum atomic E-state index is -1.99. The van der Waals surface area contributed by atoms with E-state index >= 15 is 0 Å². The summed E-state index contributed by atoms with van der Waals surface area (Å²) in [6, 6.07) is -15.7. The number of ether oxygens (including phenoxy) is 1. The van der Waals surface area contributed by atoms with E-state index in [1.807, 2.05) is 0 Å². The highest BCUT2D eigenvalue weighted by molar-refractivity contribution is 5.99. The number of rotatable bonds is 31. The smallest absolute Gasteiger partial charge is 0.329 e. The van der Waals surface area contributed by atoms with Crippen molar-refractivity contribution >= 4 is 71.0 Å². The molecule has 14 N–H and O–H groups in total. The number of hydrogen-bond donors (Lipinski definition) is 14. The van der Waals surface area contributed by atoms with Crippen LogP contribution in [0.5, 0.6) is 0 Å². The summed E-state index contributed by atoms with van der Waals surface area (Å²) in [4.78, 5) is 168. The molecule has 1 aliphatic heterocycles. The van der Waals surface area contributed by atoms with Crippen molar-refractivity contribution in [2.45, 2.75) is 272 Å². The lowest BCUT2D eigenvalue weighted by Gasteiger charge is -2.32. The van der Waals surface area contributed by atoms with Gasteiger partial charge in [0.2, 0.25) is 59.1 Å². The molecule has 0 aromatic heterocycles. The van der Waals surface area contributed by atoms with E-state index in [4.69, 9.17) is 4.74 Å². The van der Waals surface area contributed by atoms with Crippen molar-refractivity contribution in [3.8, 4) is 0 Å². The van der Waals surface area contributed by atoms with Gasteiger partial charge in [-0.05, 0) is 81.0 Å². The third-order valence-corrected chi connectivity index (χ3v) is 15.2. The Balaban J connectivity index is 4.08. The molecule has 27 heteroatoms. The van der Waals surface area contributed by atoms with Crippen LogP contribution in [0.25, 0.3) is 0 Å². The molecule has 0 radical (unpaired) electrons. The van der Waals surface area contributed by atoms with Crippen LogP contribution in [0.2, 0.25) is 0 Å². The minimum Gasteiger partial charge on any atom is -0.481 e. The van der Waals surface area contributed by atoms with Gasteiger partial charge in [0, 0.05) is 6.42 Å². The quantitative estimate of drug-likeness (QED) is 0.0345. The van der Waals surface area contributed by atoms with E-state index < -0.39 is 182 Å². The lowest BCUT2D eigenvalue weighted by atomic mass is 9.96. The third kappa shape index (κ3) is 30.7. The number of carbonyl (C=O) groups excluding carboxylic acids is 11. The largest absolute Gasteiger partial charge is 0.481 e. The Hall–Kier alpha value is -6.48. The number of esters is 1. The summed E-state index contributed by atoms with van der Waals surface area (Å²) in [7, 11) is 0. The molecule has 27 nitrogen and oxygen atoms in total. The van der Waals surface area contributed by atoms with Gasteiger partial charge < -0.3 is 78.3 Å². The molecule has 510 valence electrons. The molecule has 0 bridgehead atoms. The first-order chi connectivity index (χ1) is 41.7. The van der Waals surface area contributed by atoms with Crippen LogP contribution in [-0.2, 0) is 62.3 Å². The summed E-state index contributed by atoms with van der Waals surface area (Å²) in [6.07, 6.45) is 3.25. The highest BCUT2D eigenvalue weighted by Gasteiger charge is 2.41. The number of aliphatic hydroxyl groups excluding tert-OH is 3. The molecular weight excluding hydrogens is 1160 g/mol. The second kappa shape index (κ2) is 41.7.